The molecule has 0 radical (unpaired) electrons. The maximum atomic E-state index is 11.8. The van der Waals surface area contributed by atoms with Gasteiger partial charge in [-0.3, -0.25) is 0 Å². The van der Waals surface area contributed by atoms with Crippen molar-refractivity contribution in [2.75, 3.05) is 25.4 Å². The predicted molar refractivity (Wildman–Crippen MR) is 57.7 cm³/mol. The summed E-state index contributed by atoms with van der Waals surface area (Å²) >= 11 is 0. The van der Waals surface area contributed by atoms with Crippen molar-refractivity contribution in [3.05, 3.63) is 0 Å². The van der Waals surface area contributed by atoms with E-state index in [0.717, 1.165) is 19.4 Å². The highest BCUT2D eigenvalue weighted by molar-refractivity contribution is 7.89. The smallest absolute Gasteiger partial charge is 0.215 e. The molecule has 1 atom stereocenters. The Labute approximate surface area is 86.7 Å². The average molecular weight is 220 g/mol. The minimum Gasteiger partial charge on any atom is -0.314 e. The van der Waals surface area contributed by atoms with Crippen LogP contribution in [0.5, 0.6) is 0 Å². The Kier molecular flexibility index (Phi) is 4.34. The summed E-state index contributed by atoms with van der Waals surface area (Å²) in [5.74, 6) is 0.237. The van der Waals surface area contributed by atoms with E-state index in [0.29, 0.717) is 13.1 Å². The van der Waals surface area contributed by atoms with Gasteiger partial charge in [0.1, 0.15) is 0 Å². The lowest BCUT2D eigenvalue weighted by Gasteiger charge is -2.25. The van der Waals surface area contributed by atoms with Gasteiger partial charge in [-0.15, -0.1) is 0 Å². The summed E-state index contributed by atoms with van der Waals surface area (Å²) in [6.45, 7) is 6.05. The molecule has 1 saturated heterocycles. The molecule has 1 fully saturated rings. The Hall–Kier alpha value is -0.130. The van der Waals surface area contributed by atoms with Crippen molar-refractivity contribution in [2.24, 2.45) is 0 Å². The molecule has 0 spiro atoms. The van der Waals surface area contributed by atoms with Crippen LogP contribution in [-0.4, -0.2) is 44.2 Å². The number of sulfonamides is 1. The minimum atomic E-state index is -3.01. The third-order valence-corrected chi connectivity index (χ3v) is 4.53. The van der Waals surface area contributed by atoms with E-state index in [1.807, 2.05) is 6.92 Å². The molecule has 1 heterocycles. The van der Waals surface area contributed by atoms with E-state index < -0.39 is 10.0 Å². The van der Waals surface area contributed by atoms with Crippen LogP contribution in [-0.2, 0) is 10.0 Å². The fourth-order valence-corrected chi connectivity index (χ4v) is 3.35. The zero-order chi connectivity index (χ0) is 10.6. The van der Waals surface area contributed by atoms with E-state index in [2.05, 4.69) is 12.2 Å². The van der Waals surface area contributed by atoms with Gasteiger partial charge in [-0.25, -0.2) is 8.42 Å². The van der Waals surface area contributed by atoms with Gasteiger partial charge < -0.3 is 5.32 Å². The molecular formula is C9H20N2O2S. The van der Waals surface area contributed by atoms with Crippen molar-refractivity contribution in [1.82, 2.24) is 9.62 Å². The molecule has 0 aromatic rings. The molecule has 1 aliphatic rings. The van der Waals surface area contributed by atoms with Gasteiger partial charge in [0.05, 0.1) is 5.75 Å². The van der Waals surface area contributed by atoms with Crippen LogP contribution in [0.4, 0.5) is 0 Å². The first-order chi connectivity index (χ1) is 6.58. The van der Waals surface area contributed by atoms with E-state index in [1.165, 1.54) is 0 Å². The second-order valence-corrected chi connectivity index (χ2v) is 5.87. The predicted octanol–water partition coefficient (Wildman–Crippen LogP) is 0.410. The van der Waals surface area contributed by atoms with Gasteiger partial charge in [-0.2, -0.15) is 4.31 Å². The molecule has 0 aromatic carbocycles. The monoisotopic (exact) mass is 220 g/mol. The van der Waals surface area contributed by atoms with Crippen molar-refractivity contribution >= 4 is 10.0 Å². The number of rotatable bonds is 3. The van der Waals surface area contributed by atoms with Crippen LogP contribution < -0.4 is 5.32 Å². The van der Waals surface area contributed by atoms with Gasteiger partial charge in [0, 0.05) is 25.7 Å². The molecule has 1 unspecified atom stereocenters. The molecule has 1 aliphatic heterocycles. The molecule has 0 aliphatic carbocycles. The van der Waals surface area contributed by atoms with Crippen LogP contribution in [0.1, 0.15) is 26.7 Å². The largest absolute Gasteiger partial charge is 0.314 e. The van der Waals surface area contributed by atoms with Crippen molar-refractivity contribution in [3.63, 3.8) is 0 Å². The Morgan fingerprint density at radius 2 is 2.21 bits per heavy atom. The number of hydrogen-bond acceptors (Lipinski definition) is 3. The molecule has 5 heteroatoms. The molecule has 84 valence electrons. The Balaban J connectivity index is 2.71. The first kappa shape index (κ1) is 11.9. The molecule has 4 nitrogen and oxygen atoms in total. The summed E-state index contributed by atoms with van der Waals surface area (Å²) in [6.07, 6.45) is 1.98. The fraction of sp³-hybridized carbons (Fsp3) is 1.00. The first-order valence-electron chi connectivity index (χ1n) is 5.28. The number of unbranched alkanes of at least 4 members (excludes halogenated alkanes) is 1. The summed E-state index contributed by atoms with van der Waals surface area (Å²) in [7, 11) is -3.01. The second kappa shape index (κ2) is 5.09. The van der Waals surface area contributed by atoms with Crippen LogP contribution in [0, 0.1) is 0 Å². The van der Waals surface area contributed by atoms with Crippen molar-refractivity contribution in [1.29, 1.82) is 0 Å². The summed E-state index contributed by atoms with van der Waals surface area (Å²) in [5.41, 5.74) is 0. The number of nitrogens with zero attached hydrogens (tertiary/aromatic N) is 1. The van der Waals surface area contributed by atoms with E-state index in [-0.39, 0.29) is 11.8 Å². The van der Waals surface area contributed by atoms with E-state index in [4.69, 9.17) is 0 Å². The van der Waals surface area contributed by atoms with Crippen molar-refractivity contribution < 1.29 is 8.42 Å². The van der Waals surface area contributed by atoms with Crippen LogP contribution in [0.3, 0.4) is 0 Å². The topological polar surface area (TPSA) is 49.4 Å². The van der Waals surface area contributed by atoms with Crippen molar-refractivity contribution in [2.45, 2.75) is 32.7 Å². The van der Waals surface area contributed by atoms with E-state index in [9.17, 15) is 8.42 Å². The molecule has 1 rings (SSSR count). The Morgan fingerprint density at radius 1 is 1.50 bits per heavy atom. The van der Waals surface area contributed by atoms with Crippen molar-refractivity contribution in [3.8, 4) is 0 Å². The maximum absolute atomic E-state index is 11.8. The molecule has 0 amide bonds. The zero-order valence-corrected chi connectivity index (χ0v) is 9.81. The lowest BCUT2D eigenvalue weighted by atomic mass is 10.3. The summed E-state index contributed by atoms with van der Waals surface area (Å²) in [5, 5.41) is 3.14. The molecule has 1 N–H and O–H groups in total. The number of hydrogen-bond donors (Lipinski definition) is 1. The summed E-state index contributed by atoms with van der Waals surface area (Å²) < 4.78 is 25.3. The molecule has 0 bridgehead atoms. The SMILES string of the molecule is CCCCN1C(C)CNCCS1(=O)=O. The zero-order valence-electron chi connectivity index (χ0n) is 8.99. The maximum Gasteiger partial charge on any atom is 0.215 e. The van der Waals surface area contributed by atoms with E-state index in [1.54, 1.807) is 4.31 Å². The lowest BCUT2D eigenvalue weighted by molar-refractivity contribution is 0.333. The van der Waals surface area contributed by atoms with Gasteiger partial charge in [-0.05, 0) is 13.3 Å². The van der Waals surface area contributed by atoms with Crippen LogP contribution in [0.15, 0.2) is 0 Å². The highest BCUT2D eigenvalue weighted by Crippen LogP contribution is 2.11. The Bertz CT molecular complexity index is 264. The van der Waals surface area contributed by atoms with Crippen LogP contribution >= 0.6 is 0 Å². The van der Waals surface area contributed by atoms with E-state index >= 15 is 0 Å². The van der Waals surface area contributed by atoms with Crippen LogP contribution in [0.2, 0.25) is 0 Å². The molecule has 0 aromatic heterocycles. The number of nitrogens with one attached hydrogen (secondary N) is 1. The van der Waals surface area contributed by atoms with Crippen LogP contribution in [0.25, 0.3) is 0 Å². The average Bonchev–Trinajstić information content (AvgIpc) is 2.23. The normalized spacial score (nSPS) is 28.6. The third kappa shape index (κ3) is 2.93. The lowest BCUT2D eigenvalue weighted by Crippen LogP contribution is -2.41. The second-order valence-electron chi connectivity index (χ2n) is 3.83. The van der Waals surface area contributed by atoms with Gasteiger partial charge in [0.2, 0.25) is 10.0 Å². The van der Waals surface area contributed by atoms with Gasteiger partial charge >= 0.3 is 0 Å². The quantitative estimate of drug-likeness (QED) is 0.749. The summed E-state index contributed by atoms with van der Waals surface area (Å²) in [4.78, 5) is 0. The highest BCUT2D eigenvalue weighted by atomic mass is 32.2. The molecular weight excluding hydrogens is 200 g/mol. The first-order valence-corrected chi connectivity index (χ1v) is 6.89. The van der Waals surface area contributed by atoms with Gasteiger partial charge in [0.25, 0.3) is 0 Å². The molecule has 14 heavy (non-hydrogen) atoms. The molecule has 0 saturated carbocycles. The van der Waals surface area contributed by atoms with Gasteiger partial charge in [0.15, 0.2) is 0 Å². The third-order valence-electron chi connectivity index (χ3n) is 2.56. The highest BCUT2D eigenvalue weighted by Gasteiger charge is 2.28. The Morgan fingerprint density at radius 3 is 2.86 bits per heavy atom. The van der Waals surface area contributed by atoms with Gasteiger partial charge in [-0.1, -0.05) is 13.3 Å². The summed E-state index contributed by atoms with van der Waals surface area (Å²) in [6, 6.07) is 0.0917. The minimum absolute atomic E-state index is 0.0917. The fourth-order valence-electron chi connectivity index (χ4n) is 1.68. The standard InChI is InChI=1S/C9H20N2O2S/c1-3-4-6-11-9(2)8-10-5-7-14(11,12)13/h9-10H,3-8H2,1-2H3.